The summed E-state index contributed by atoms with van der Waals surface area (Å²) in [7, 11) is 0. The lowest BCUT2D eigenvalue weighted by molar-refractivity contribution is 0.0321. The molecule has 2 aliphatic heterocycles. The van der Waals surface area contributed by atoms with Gasteiger partial charge in [-0.1, -0.05) is 31.2 Å². The van der Waals surface area contributed by atoms with Gasteiger partial charge in [-0.05, 0) is 56.2 Å². The lowest BCUT2D eigenvalue weighted by atomic mass is 10.1. The quantitative estimate of drug-likeness (QED) is 0.407. The Morgan fingerprint density at radius 3 is 2.83 bits per heavy atom. The summed E-state index contributed by atoms with van der Waals surface area (Å²) in [4.78, 5) is 14.2. The highest BCUT2D eigenvalue weighted by Gasteiger charge is 2.17. The van der Waals surface area contributed by atoms with Crippen LogP contribution in [-0.2, 0) is 11.3 Å². The number of ether oxygens (including phenoxy) is 3. The van der Waals surface area contributed by atoms with Crippen LogP contribution in [0.1, 0.15) is 32.3 Å². The van der Waals surface area contributed by atoms with Crippen LogP contribution in [-0.4, -0.2) is 78.4 Å². The first kappa shape index (κ1) is 28.1. The Kier molecular flexibility index (Phi) is 10.0. The zero-order valence-electron chi connectivity index (χ0n) is 23.7. The second kappa shape index (κ2) is 14.3. The summed E-state index contributed by atoms with van der Waals surface area (Å²) in [6, 6.07) is 16.7. The summed E-state index contributed by atoms with van der Waals surface area (Å²) in [5.41, 5.74) is 3.92. The van der Waals surface area contributed by atoms with E-state index in [0.717, 1.165) is 92.8 Å². The predicted molar refractivity (Wildman–Crippen MR) is 159 cm³/mol. The maximum atomic E-state index is 6.38. The fraction of sp³-hybridized carbons (Fsp3) is 0.438. The van der Waals surface area contributed by atoms with Gasteiger partial charge in [0.1, 0.15) is 18.1 Å². The number of nitrogens with one attached hydrogen (secondary N) is 1. The molecular formula is C32H41N5O3. The minimum Gasteiger partial charge on any atom is -0.493 e. The highest BCUT2D eigenvalue weighted by atomic mass is 16.5. The molecule has 2 aliphatic rings. The summed E-state index contributed by atoms with van der Waals surface area (Å²) in [6.07, 6.45) is 8.19. The van der Waals surface area contributed by atoms with Gasteiger partial charge < -0.3 is 19.5 Å². The second-order valence-corrected chi connectivity index (χ2v) is 10.3. The molecule has 3 heterocycles. The lowest BCUT2D eigenvalue weighted by Crippen LogP contribution is -2.38. The number of rotatable bonds is 6. The fourth-order valence-electron chi connectivity index (χ4n) is 4.93. The lowest BCUT2D eigenvalue weighted by Gasteiger charge is -2.29. The van der Waals surface area contributed by atoms with Crippen molar-refractivity contribution < 1.29 is 14.2 Å². The number of anilines is 2. The molecule has 3 aromatic rings. The van der Waals surface area contributed by atoms with E-state index in [4.69, 9.17) is 19.2 Å². The SMILES string of the molecule is CCC(C)N1C/C=C/CCOc2cccc(c2)-c2ccnc(n2)Nc2ccc(OCCN3CCOCC3)c(c2)C1. The van der Waals surface area contributed by atoms with Gasteiger partial charge in [0.25, 0.3) is 0 Å². The van der Waals surface area contributed by atoms with Crippen molar-refractivity contribution in [3.63, 3.8) is 0 Å². The van der Waals surface area contributed by atoms with Gasteiger partial charge in [0.2, 0.25) is 5.95 Å². The van der Waals surface area contributed by atoms with E-state index in [-0.39, 0.29) is 0 Å². The zero-order chi connectivity index (χ0) is 27.6. The monoisotopic (exact) mass is 543 g/mol. The highest BCUT2D eigenvalue weighted by Crippen LogP contribution is 2.28. The second-order valence-electron chi connectivity index (χ2n) is 10.3. The van der Waals surface area contributed by atoms with Crippen LogP contribution in [0.4, 0.5) is 11.6 Å². The molecule has 0 saturated carbocycles. The fourth-order valence-corrected chi connectivity index (χ4v) is 4.93. The van der Waals surface area contributed by atoms with Crippen molar-refractivity contribution in [1.29, 1.82) is 0 Å². The number of aromatic nitrogens is 2. The minimum atomic E-state index is 0.423. The van der Waals surface area contributed by atoms with Gasteiger partial charge in [-0.3, -0.25) is 9.80 Å². The summed E-state index contributed by atoms with van der Waals surface area (Å²) >= 11 is 0. The normalized spacial score (nSPS) is 18.4. The first-order valence-corrected chi connectivity index (χ1v) is 14.5. The van der Waals surface area contributed by atoms with Gasteiger partial charge in [0.05, 0.1) is 25.5 Å². The molecule has 5 rings (SSSR count). The van der Waals surface area contributed by atoms with Crippen molar-refractivity contribution in [2.24, 2.45) is 0 Å². The van der Waals surface area contributed by atoms with Crippen LogP contribution in [0.25, 0.3) is 11.3 Å². The van der Waals surface area contributed by atoms with Gasteiger partial charge in [-0.2, -0.15) is 0 Å². The molecule has 212 valence electrons. The van der Waals surface area contributed by atoms with Crippen molar-refractivity contribution in [1.82, 2.24) is 19.8 Å². The first-order chi connectivity index (χ1) is 19.7. The van der Waals surface area contributed by atoms with Crippen molar-refractivity contribution in [3.8, 4) is 22.8 Å². The third-order valence-corrected chi connectivity index (χ3v) is 7.52. The highest BCUT2D eigenvalue weighted by molar-refractivity contribution is 5.64. The number of nitrogens with zero attached hydrogens (tertiary/aromatic N) is 4. The molecule has 40 heavy (non-hydrogen) atoms. The molecule has 0 radical (unpaired) electrons. The summed E-state index contributed by atoms with van der Waals surface area (Å²) in [5, 5.41) is 3.43. The Balaban J connectivity index is 1.42. The molecule has 1 saturated heterocycles. The largest absolute Gasteiger partial charge is 0.493 e. The van der Waals surface area contributed by atoms with Crippen LogP contribution in [0, 0.1) is 0 Å². The van der Waals surface area contributed by atoms with Crippen LogP contribution < -0.4 is 14.8 Å². The van der Waals surface area contributed by atoms with Crippen LogP contribution in [0.15, 0.2) is 66.9 Å². The Bertz CT molecular complexity index is 1260. The van der Waals surface area contributed by atoms with Crippen LogP contribution in [0.3, 0.4) is 0 Å². The summed E-state index contributed by atoms with van der Waals surface area (Å²) in [6.45, 7) is 11.8. The smallest absolute Gasteiger partial charge is 0.227 e. The topological polar surface area (TPSA) is 72.0 Å². The molecule has 0 amide bonds. The molecule has 1 unspecified atom stereocenters. The van der Waals surface area contributed by atoms with Crippen molar-refractivity contribution >= 4 is 11.6 Å². The van der Waals surface area contributed by atoms with Crippen LogP contribution in [0.2, 0.25) is 0 Å². The average molecular weight is 544 g/mol. The Hall–Kier alpha value is -3.46. The number of hydrogen-bond donors (Lipinski definition) is 1. The Morgan fingerprint density at radius 1 is 1.05 bits per heavy atom. The van der Waals surface area contributed by atoms with Crippen molar-refractivity contribution in [2.75, 3.05) is 57.9 Å². The standard InChI is InChI=1S/C32H41N5O3/c1-3-25(2)37-14-5-4-6-18-39-29-9-7-8-26(23-29)30-12-13-33-32(35-30)34-28-10-11-31(27(22-28)24-37)40-21-17-36-15-19-38-20-16-36/h4-5,7-13,22-23,25H,3,6,14-21,24H2,1-2H3,(H,33,34,35)/b5-4+. The average Bonchev–Trinajstić information content (AvgIpc) is 2.99. The summed E-state index contributed by atoms with van der Waals surface area (Å²) < 4.78 is 17.9. The number of benzene rings is 2. The predicted octanol–water partition coefficient (Wildman–Crippen LogP) is 5.54. The number of fused-ring (bicyclic) bond motifs is 7. The van der Waals surface area contributed by atoms with Gasteiger partial charge in [0.15, 0.2) is 0 Å². The molecule has 8 nitrogen and oxygen atoms in total. The van der Waals surface area contributed by atoms with E-state index in [9.17, 15) is 0 Å². The van der Waals surface area contributed by atoms with Gasteiger partial charge in [-0.25, -0.2) is 9.97 Å². The molecule has 2 aromatic carbocycles. The molecule has 1 atom stereocenters. The van der Waals surface area contributed by atoms with Gasteiger partial charge >= 0.3 is 0 Å². The Morgan fingerprint density at radius 2 is 1.95 bits per heavy atom. The van der Waals surface area contributed by atoms with Gasteiger partial charge in [-0.15, -0.1) is 0 Å². The molecule has 1 aromatic heterocycles. The molecule has 8 heteroatoms. The molecule has 1 fully saturated rings. The third-order valence-electron chi connectivity index (χ3n) is 7.52. The van der Waals surface area contributed by atoms with E-state index < -0.39 is 0 Å². The molecule has 0 aliphatic carbocycles. The van der Waals surface area contributed by atoms with E-state index in [0.29, 0.717) is 25.2 Å². The minimum absolute atomic E-state index is 0.423. The van der Waals surface area contributed by atoms with Crippen LogP contribution >= 0.6 is 0 Å². The number of morpholine rings is 1. The molecule has 6 bridgehead atoms. The Labute approximate surface area is 238 Å². The molecule has 0 spiro atoms. The first-order valence-electron chi connectivity index (χ1n) is 14.5. The maximum Gasteiger partial charge on any atom is 0.227 e. The van der Waals surface area contributed by atoms with E-state index >= 15 is 0 Å². The number of hydrogen-bond acceptors (Lipinski definition) is 8. The molecular weight excluding hydrogens is 502 g/mol. The van der Waals surface area contributed by atoms with Crippen molar-refractivity contribution in [3.05, 3.63) is 72.4 Å². The third kappa shape index (κ3) is 7.81. The van der Waals surface area contributed by atoms with E-state index in [1.165, 1.54) is 0 Å². The summed E-state index contributed by atoms with van der Waals surface area (Å²) in [5.74, 6) is 2.32. The van der Waals surface area contributed by atoms with Crippen molar-refractivity contribution in [2.45, 2.75) is 39.3 Å². The van der Waals surface area contributed by atoms with E-state index in [2.05, 4.69) is 58.2 Å². The van der Waals surface area contributed by atoms with Gasteiger partial charge in [0, 0.05) is 61.8 Å². The zero-order valence-corrected chi connectivity index (χ0v) is 23.7. The maximum absolute atomic E-state index is 6.38. The molecule has 1 N–H and O–H groups in total. The van der Waals surface area contributed by atoms with E-state index in [1.54, 1.807) is 6.20 Å². The van der Waals surface area contributed by atoms with E-state index in [1.807, 2.05) is 36.4 Å². The van der Waals surface area contributed by atoms with Crippen LogP contribution in [0.5, 0.6) is 11.5 Å².